The molecule has 0 atom stereocenters. The molecule has 1 saturated heterocycles. The molecule has 0 aliphatic carbocycles. The van der Waals surface area contributed by atoms with Crippen LogP contribution in [0.4, 0.5) is 4.79 Å². The van der Waals surface area contributed by atoms with Crippen LogP contribution in [0.5, 0.6) is 0 Å². The van der Waals surface area contributed by atoms with Gasteiger partial charge in [0.05, 0.1) is 13.2 Å². The fourth-order valence-corrected chi connectivity index (χ4v) is 2.90. The van der Waals surface area contributed by atoms with Crippen LogP contribution in [0.1, 0.15) is 52.4 Å². The molecule has 156 valence electrons. The molecule has 2 N–H and O–H groups in total. The van der Waals surface area contributed by atoms with Crippen molar-refractivity contribution >= 4 is 17.9 Å². The molecule has 0 radical (unpaired) electrons. The molecular formula is C19H35N3O5. The average Bonchev–Trinajstić information content (AvgIpc) is 2.66. The first-order valence-corrected chi connectivity index (χ1v) is 9.93. The van der Waals surface area contributed by atoms with Crippen LogP contribution in [0.15, 0.2) is 0 Å². The van der Waals surface area contributed by atoms with E-state index in [-0.39, 0.29) is 29.9 Å². The van der Waals surface area contributed by atoms with E-state index in [2.05, 4.69) is 15.4 Å². The van der Waals surface area contributed by atoms with E-state index in [1.165, 1.54) is 7.11 Å². The summed E-state index contributed by atoms with van der Waals surface area (Å²) in [6, 6.07) is -0.0993. The Labute approximate surface area is 162 Å². The standard InChI is InChI=1S/C19H35N3O5/c1-15(2)27-14-6-11-20-18(24)16-8-12-22(13-9-16)19(25)21-10-5-4-7-17(23)26-3/h15-16H,4-14H2,1-3H3,(H,20,24)(H,21,25). The number of urea groups is 1. The van der Waals surface area contributed by atoms with Gasteiger partial charge in [-0.25, -0.2) is 4.79 Å². The summed E-state index contributed by atoms with van der Waals surface area (Å²) in [7, 11) is 1.37. The molecule has 0 aromatic heterocycles. The van der Waals surface area contributed by atoms with Crippen LogP contribution in [-0.2, 0) is 19.1 Å². The van der Waals surface area contributed by atoms with Gasteiger partial charge >= 0.3 is 12.0 Å². The summed E-state index contributed by atoms with van der Waals surface area (Å²) >= 11 is 0. The zero-order chi connectivity index (χ0) is 20.1. The zero-order valence-electron chi connectivity index (χ0n) is 16.9. The molecule has 27 heavy (non-hydrogen) atoms. The summed E-state index contributed by atoms with van der Waals surface area (Å²) in [6.45, 7) is 6.96. The Balaban J connectivity index is 2.11. The molecule has 1 rings (SSSR count). The third-order valence-electron chi connectivity index (χ3n) is 4.54. The van der Waals surface area contributed by atoms with Gasteiger partial charge in [-0.05, 0) is 46.0 Å². The number of methoxy groups -OCH3 is 1. The summed E-state index contributed by atoms with van der Waals surface area (Å²) in [5.74, 6) is -0.184. The SMILES string of the molecule is COC(=O)CCCCNC(=O)N1CCC(C(=O)NCCCOC(C)C)CC1. The van der Waals surface area contributed by atoms with Gasteiger partial charge in [0.2, 0.25) is 5.91 Å². The maximum Gasteiger partial charge on any atom is 0.317 e. The number of carbonyl (C=O) groups excluding carboxylic acids is 3. The Morgan fingerprint density at radius 1 is 1.04 bits per heavy atom. The predicted molar refractivity (Wildman–Crippen MR) is 102 cm³/mol. The van der Waals surface area contributed by atoms with E-state index in [4.69, 9.17) is 4.74 Å². The highest BCUT2D eigenvalue weighted by atomic mass is 16.5. The van der Waals surface area contributed by atoms with Gasteiger partial charge in [-0.15, -0.1) is 0 Å². The van der Waals surface area contributed by atoms with Crippen molar-refractivity contribution in [3.8, 4) is 0 Å². The van der Waals surface area contributed by atoms with Crippen molar-refractivity contribution in [2.75, 3.05) is 39.9 Å². The third-order valence-corrected chi connectivity index (χ3v) is 4.54. The summed E-state index contributed by atoms with van der Waals surface area (Å²) < 4.78 is 10.0. The number of carbonyl (C=O) groups is 3. The monoisotopic (exact) mass is 385 g/mol. The third kappa shape index (κ3) is 10.2. The maximum absolute atomic E-state index is 12.2. The molecule has 1 fully saturated rings. The zero-order valence-corrected chi connectivity index (χ0v) is 16.9. The second-order valence-corrected chi connectivity index (χ2v) is 7.09. The van der Waals surface area contributed by atoms with Gasteiger partial charge in [-0.2, -0.15) is 0 Å². The van der Waals surface area contributed by atoms with Crippen molar-refractivity contribution in [2.45, 2.75) is 58.5 Å². The van der Waals surface area contributed by atoms with Crippen molar-refractivity contribution in [3.05, 3.63) is 0 Å². The van der Waals surface area contributed by atoms with Crippen LogP contribution in [-0.4, -0.2) is 68.8 Å². The number of likely N-dealkylation sites (tertiary alicyclic amines) is 1. The summed E-state index contributed by atoms with van der Waals surface area (Å²) in [6.07, 6.45) is 4.19. The lowest BCUT2D eigenvalue weighted by molar-refractivity contribution is -0.140. The highest BCUT2D eigenvalue weighted by Crippen LogP contribution is 2.17. The Kier molecular flexibility index (Phi) is 11.5. The molecule has 0 aromatic carbocycles. The molecule has 0 aromatic rings. The van der Waals surface area contributed by atoms with E-state index < -0.39 is 0 Å². The van der Waals surface area contributed by atoms with Crippen LogP contribution in [0.25, 0.3) is 0 Å². The van der Waals surface area contributed by atoms with Crippen LogP contribution in [0, 0.1) is 5.92 Å². The van der Waals surface area contributed by atoms with Gasteiger partial charge in [-0.1, -0.05) is 0 Å². The minimum atomic E-state index is -0.228. The van der Waals surface area contributed by atoms with Gasteiger partial charge in [-0.3, -0.25) is 9.59 Å². The van der Waals surface area contributed by atoms with E-state index in [0.717, 1.165) is 12.8 Å². The Hall–Kier alpha value is -1.83. The van der Waals surface area contributed by atoms with Gasteiger partial charge in [0.15, 0.2) is 0 Å². The van der Waals surface area contributed by atoms with Crippen molar-refractivity contribution < 1.29 is 23.9 Å². The van der Waals surface area contributed by atoms with Gasteiger partial charge in [0.25, 0.3) is 0 Å². The number of amides is 3. The van der Waals surface area contributed by atoms with E-state index in [9.17, 15) is 14.4 Å². The smallest absolute Gasteiger partial charge is 0.317 e. The Bertz CT molecular complexity index is 462. The number of esters is 1. The molecule has 0 spiro atoms. The predicted octanol–water partition coefficient (Wildman–Crippen LogP) is 1.68. The molecule has 8 nitrogen and oxygen atoms in total. The minimum Gasteiger partial charge on any atom is -0.469 e. The number of nitrogens with zero attached hydrogens (tertiary/aromatic N) is 1. The highest BCUT2D eigenvalue weighted by Gasteiger charge is 2.26. The van der Waals surface area contributed by atoms with Crippen LogP contribution in [0.3, 0.4) is 0 Å². The van der Waals surface area contributed by atoms with Crippen LogP contribution in [0.2, 0.25) is 0 Å². The molecule has 1 aliphatic heterocycles. The molecule has 3 amide bonds. The number of rotatable bonds is 11. The largest absolute Gasteiger partial charge is 0.469 e. The molecule has 1 aliphatic rings. The highest BCUT2D eigenvalue weighted by molar-refractivity contribution is 5.79. The second-order valence-electron chi connectivity index (χ2n) is 7.09. The Morgan fingerprint density at radius 2 is 1.70 bits per heavy atom. The fourth-order valence-electron chi connectivity index (χ4n) is 2.90. The van der Waals surface area contributed by atoms with Gasteiger partial charge < -0.3 is 25.0 Å². The second kappa shape index (κ2) is 13.4. The van der Waals surface area contributed by atoms with Crippen molar-refractivity contribution in [2.24, 2.45) is 5.92 Å². The first kappa shape index (κ1) is 23.2. The molecule has 8 heteroatoms. The van der Waals surface area contributed by atoms with Crippen molar-refractivity contribution in [1.29, 1.82) is 0 Å². The first-order chi connectivity index (χ1) is 12.9. The van der Waals surface area contributed by atoms with E-state index >= 15 is 0 Å². The summed E-state index contributed by atoms with van der Waals surface area (Å²) in [4.78, 5) is 37.1. The lowest BCUT2D eigenvalue weighted by Gasteiger charge is -2.31. The molecule has 0 bridgehead atoms. The van der Waals surface area contributed by atoms with E-state index in [0.29, 0.717) is 58.5 Å². The fraction of sp³-hybridized carbons (Fsp3) is 0.842. The average molecular weight is 386 g/mol. The minimum absolute atomic E-state index is 0.0277. The molecule has 1 heterocycles. The number of nitrogens with one attached hydrogen (secondary N) is 2. The van der Waals surface area contributed by atoms with Gasteiger partial charge in [0.1, 0.15) is 0 Å². The number of hydrogen-bond donors (Lipinski definition) is 2. The van der Waals surface area contributed by atoms with Crippen molar-refractivity contribution in [1.82, 2.24) is 15.5 Å². The molecular weight excluding hydrogens is 350 g/mol. The number of piperidine rings is 1. The van der Waals surface area contributed by atoms with Crippen LogP contribution < -0.4 is 10.6 Å². The van der Waals surface area contributed by atoms with Crippen molar-refractivity contribution in [3.63, 3.8) is 0 Å². The molecule has 0 saturated carbocycles. The lowest BCUT2D eigenvalue weighted by atomic mass is 9.96. The Morgan fingerprint density at radius 3 is 2.33 bits per heavy atom. The lowest BCUT2D eigenvalue weighted by Crippen LogP contribution is -2.47. The van der Waals surface area contributed by atoms with Gasteiger partial charge in [0, 0.05) is 45.1 Å². The topological polar surface area (TPSA) is 97.0 Å². The number of unbranched alkanes of at least 4 members (excludes halogenated alkanes) is 1. The number of ether oxygens (including phenoxy) is 2. The summed E-state index contributed by atoms with van der Waals surface area (Å²) in [5.41, 5.74) is 0. The normalized spacial score (nSPS) is 14.9. The van der Waals surface area contributed by atoms with E-state index in [1.54, 1.807) is 4.90 Å². The first-order valence-electron chi connectivity index (χ1n) is 9.93. The maximum atomic E-state index is 12.2. The van der Waals surface area contributed by atoms with Crippen LogP contribution >= 0.6 is 0 Å². The number of hydrogen-bond acceptors (Lipinski definition) is 5. The van der Waals surface area contributed by atoms with E-state index in [1.807, 2.05) is 13.8 Å². The molecule has 0 unspecified atom stereocenters. The quantitative estimate of drug-likeness (QED) is 0.417. The summed E-state index contributed by atoms with van der Waals surface area (Å²) in [5, 5.41) is 5.82.